The van der Waals surface area contributed by atoms with E-state index in [2.05, 4.69) is 0 Å². The van der Waals surface area contributed by atoms with E-state index < -0.39 is 13.0 Å². The van der Waals surface area contributed by atoms with Crippen LogP contribution in [0.3, 0.4) is 0 Å². The van der Waals surface area contributed by atoms with Gasteiger partial charge in [0.25, 0.3) is 12.3 Å². The molecule has 4 nitrogen and oxygen atoms in total. The lowest BCUT2D eigenvalue weighted by Crippen LogP contribution is -2.33. The van der Waals surface area contributed by atoms with E-state index >= 15 is 0 Å². The molecule has 1 aromatic heterocycles. The quantitative estimate of drug-likeness (QED) is 0.809. The Bertz CT molecular complexity index is 380. The highest BCUT2D eigenvalue weighted by molar-refractivity contribution is 5.92. The molecule has 6 heteroatoms. The van der Waals surface area contributed by atoms with Gasteiger partial charge in [0, 0.05) is 25.9 Å². The summed E-state index contributed by atoms with van der Waals surface area (Å²) in [6.45, 7) is 2.24. The van der Waals surface area contributed by atoms with Gasteiger partial charge in [-0.25, -0.2) is 8.78 Å². The lowest BCUT2D eigenvalue weighted by atomic mass is 10.3. The minimum absolute atomic E-state index is 0.00181. The molecule has 0 saturated carbocycles. The second kappa shape index (κ2) is 7.10. The summed E-state index contributed by atoms with van der Waals surface area (Å²) in [7, 11) is 0. The highest BCUT2D eigenvalue weighted by Gasteiger charge is 2.18. The summed E-state index contributed by atoms with van der Waals surface area (Å²) in [6, 6.07) is 3.11. The minimum Gasteiger partial charge on any atom is -0.396 e. The number of halogens is 2. The fourth-order valence-corrected chi connectivity index (χ4v) is 1.74. The molecular formula is C12H18F2N2O2. The molecule has 0 aromatic carbocycles. The minimum atomic E-state index is -2.49. The summed E-state index contributed by atoms with van der Waals surface area (Å²) in [4.78, 5) is 13.7. The SMILES string of the molecule is CCN(CCCO)C(=O)c1cccn1CC(F)F. The average molecular weight is 260 g/mol. The zero-order valence-corrected chi connectivity index (χ0v) is 10.4. The van der Waals surface area contributed by atoms with Gasteiger partial charge in [0.15, 0.2) is 0 Å². The second-order valence-corrected chi connectivity index (χ2v) is 3.90. The number of rotatable bonds is 7. The first-order valence-corrected chi connectivity index (χ1v) is 5.93. The van der Waals surface area contributed by atoms with Crippen molar-refractivity contribution in [3.8, 4) is 0 Å². The molecule has 0 atom stereocenters. The first kappa shape index (κ1) is 14.6. The van der Waals surface area contributed by atoms with E-state index in [1.54, 1.807) is 6.07 Å². The molecule has 0 bridgehead atoms. The topological polar surface area (TPSA) is 45.5 Å². The van der Waals surface area contributed by atoms with Gasteiger partial charge in [0.2, 0.25) is 0 Å². The van der Waals surface area contributed by atoms with E-state index in [9.17, 15) is 13.6 Å². The smallest absolute Gasteiger partial charge is 0.270 e. The van der Waals surface area contributed by atoms with E-state index in [4.69, 9.17) is 5.11 Å². The number of carbonyl (C=O) groups is 1. The van der Waals surface area contributed by atoms with Crippen LogP contribution in [0, 0.1) is 0 Å². The van der Waals surface area contributed by atoms with Gasteiger partial charge in [-0.3, -0.25) is 4.79 Å². The second-order valence-electron chi connectivity index (χ2n) is 3.90. The Hall–Kier alpha value is -1.43. The van der Waals surface area contributed by atoms with E-state index in [-0.39, 0.29) is 18.2 Å². The van der Waals surface area contributed by atoms with Crippen LogP contribution in [-0.4, -0.2) is 46.6 Å². The fraction of sp³-hybridized carbons (Fsp3) is 0.583. The van der Waals surface area contributed by atoms with Gasteiger partial charge in [-0.1, -0.05) is 0 Å². The Morgan fingerprint density at radius 3 is 2.83 bits per heavy atom. The summed E-state index contributed by atoms with van der Waals surface area (Å²) in [6.07, 6.45) is -0.537. The summed E-state index contributed by atoms with van der Waals surface area (Å²) in [5, 5.41) is 8.75. The standard InChI is InChI=1S/C12H18F2N2O2/c1-2-15(7-4-8-17)12(18)10-5-3-6-16(10)9-11(13)14/h3,5-6,11,17H,2,4,7-9H2,1H3. The van der Waals surface area contributed by atoms with Crippen LogP contribution >= 0.6 is 0 Å². The van der Waals surface area contributed by atoms with Crippen LogP contribution in [0.2, 0.25) is 0 Å². The summed E-state index contributed by atoms with van der Waals surface area (Å²) in [5.41, 5.74) is 0.259. The number of aromatic nitrogens is 1. The van der Waals surface area contributed by atoms with Crippen molar-refractivity contribution >= 4 is 5.91 Å². The Morgan fingerprint density at radius 2 is 2.28 bits per heavy atom. The van der Waals surface area contributed by atoms with Gasteiger partial charge in [-0.05, 0) is 25.5 Å². The maximum Gasteiger partial charge on any atom is 0.270 e. The molecule has 0 spiro atoms. The van der Waals surface area contributed by atoms with Gasteiger partial charge in [0.05, 0.1) is 6.54 Å². The number of aliphatic hydroxyl groups is 1. The number of carbonyl (C=O) groups excluding carboxylic acids is 1. The van der Waals surface area contributed by atoms with E-state index in [1.807, 2.05) is 6.92 Å². The molecule has 1 N–H and O–H groups in total. The van der Waals surface area contributed by atoms with Gasteiger partial charge < -0.3 is 14.6 Å². The lowest BCUT2D eigenvalue weighted by molar-refractivity contribution is 0.0734. The van der Waals surface area contributed by atoms with E-state index in [1.165, 1.54) is 21.7 Å². The van der Waals surface area contributed by atoms with Crippen molar-refractivity contribution < 1.29 is 18.7 Å². The predicted molar refractivity (Wildman–Crippen MR) is 63.7 cm³/mol. The third kappa shape index (κ3) is 3.80. The summed E-state index contributed by atoms with van der Waals surface area (Å²) in [5.74, 6) is -0.281. The largest absolute Gasteiger partial charge is 0.396 e. The zero-order chi connectivity index (χ0) is 13.5. The molecule has 0 radical (unpaired) electrons. The highest BCUT2D eigenvalue weighted by Crippen LogP contribution is 2.10. The van der Waals surface area contributed by atoms with Crippen molar-refractivity contribution in [2.24, 2.45) is 0 Å². The maximum atomic E-state index is 12.3. The predicted octanol–water partition coefficient (Wildman–Crippen LogP) is 1.60. The normalized spacial score (nSPS) is 10.9. The van der Waals surface area contributed by atoms with Crippen molar-refractivity contribution in [1.82, 2.24) is 9.47 Å². The van der Waals surface area contributed by atoms with Gasteiger partial charge in [-0.15, -0.1) is 0 Å². The number of hydrogen-bond acceptors (Lipinski definition) is 2. The Labute approximate surface area is 105 Å². The first-order chi connectivity index (χ1) is 8.60. The molecular weight excluding hydrogens is 242 g/mol. The van der Waals surface area contributed by atoms with Crippen LogP contribution in [0.4, 0.5) is 8.78 Å². The van der Waals surface area contributed by atoms with Crippen LogP contribution in [0.25, 0.3) is 0 Å². The van der Waals surface area contributed by atoms with Crippen LogP contribution in [0.15, 0.2) is 18.3 Å². The fourth-order valence-electron chi connectivity index (χ4n) is 1.74. The van der Waals surface area contributed by atoms with Crippen molar-refractivity contribution in [2.75, 3.05) is 19.7 Å². The molecule has 1 aromatic rings. The molecule has 0 aliphatic rings. The summed E-state index contributed by atoms with van der Waals surface area (Å²) < 4.78 is 26.0. The van der Waals surface area contributed by atoms with Crippen molar-refractivity contribution in [2.45, 2.75) is 26.3 Å². The summed E-state index contributed by atoms with van der Waals surface area (Å²) >= 11 is 0. The number of hydrogen-bond donors (Lipinski definition) is 1. The number of alkyl halides is 2. The molecule has 0 fully saturated rings. The van der Waals surface area contributed by atoms with Gasteiger partial charge >= 0.3 is 0 Å². The third-order valence-electron chi connectivity index (χ3n) is 2.64. The molecule has 0 aliphatic heterocycles. The maximum absolute atomic E-state index is 12.3. The molecule has 0 aliphatic carbocycles. The van der Waals surface area contributed by atoms with Gasteiger partial charge in [0.1, 0.15) is 5.69 Å². The van der Waals surface area contributed by atoms with Crippen molar-refractivity contribution in [3.63, 3.8) is 0 Å². The van der Waals surface area contributed by atoms with Gasteiger partial charge in [-0.2, -0.15) is 0 Å². The number of amides is 1. The highest BCUT2D eigenvalue weighted by atomic mass is 19.3. The number of nitrogens with zero attached hydrogens (tertiary/aromatic N) is 2. The van der Waals surface area contributed by atoms with Crippen LogP contribution in [0.1, 0.15) is 23.8 Å². The molecule has 1 heterocycles. The van der Waals surface area contributed by atoms with Crippen molar-refractivity contribution in [1.29, 1.82) is 0 Å². The van der Waals surface area contributed by atoms with Crippen LogP contribution in [0.5, 0.6) is 0 Å². The third-order valence-corrected chi connectivity index (χ3v) is 2.64. The molecule has 0 saturated heterocycles. The zero-order valence-electron chi connectivity index (χ0n) is 10.4. The van der Waals surface area contributed by atoms with Crippen molar-refractivity contribution in [3.05, 3.63) is 24.0 Å². The Morgan fingerprint density at radius 1 is 1.56 bits per heavy atom. The lowest BCUT2D eigenvalue weighted by Gasteiger charge is -2.21. The Kier molecular flexibility index (Phi) is 5.77. The molecule has 102 valence electrons. The van der Waals surface area contributed by atoms with E-state index in [0.29, 0.717) is 19.5 Å². The van der Waals surface area contributed by atoms with E-state index in [0.717, 1.165) is 0 Å². The Balaban J connectivity index is 2.78. The van der Waals surface area contributed by atoms with Crippen LogP contribution in [-0.2, 0) is 6.54 Å². The van der Waals surface area contributed by atoms with Crippen LogP contribution < -0.4 is 0 Å². The monoisotopic (exact) mass is 260 g/mol. The molecule has 1 rings (SSSR count). The molecule has 0 unspecified atom stereocenters. The molecule has 1 amide bonds. The average Bonchev–Trinajstić information content (AvgIpc) is 2.77. The number of aliphatic hydroxyl groups excluding tert-OH is 1. The first-order valence-electron chi connectivity index (χ1n) is 5.93. The molecule has 18 heavy (non-hydrogen) atoms.